The number of allylic oxidation sites excluding steroid dienone is 2. The lowest BCUT2D eigenvalue weighted by Gasteiger charge is -1.90. The molecule has 0 saturated carbocycles. The largest absolute Gasteiger partial charge is 0.341 e. The Morgan fingerprint density at radius 3 is 2.80 bits per heavy atom. The van der Waals surface area contributed by atoms with E-state index in [0.717, 1.165) is 23.6 Å². The van der Waals surface area contributed by atoms with Crippen LogP contribution < -0.4 is 0 Å². The van der Waals surface area contributed by atoms with E-state index in [1.165, 1.54) is 0 Å². The molecular weight excluding hydrogens is 231 g/mol. The topological polar surface area (TPSA) is 28.7 Å². The minimum Gasteiger partial charge on any atom is -0.341 e. The Morgan fingerprint density at radius 2 is 2.27 bits per heavy atom. The predicted molar refractivity (Wildman–Crippen MR) is 67.0 cm³/mol. The molecule has 0 aliphatic heterocycles. The molecule has 0 spiro atoms. The molecule has 0 amide bonds. The first-order chi connectivity index (χ1) is 7.17. The zero-order valence-electron chi connectivity index (χ0n) is 8.85. The van der Waals surface area contributed by atoms with E-state index < -0.39 is 0 Å². The monoisotopic (exact) mass is 244 g/mol. The summed E-state index contributed by atoms with van der Waals surface area (Å²) < 4.78 is 0. The van der Waals surface area contributed by atoms with Crippen molar-refractivity contribution in [3.8, 4) is 0 Å². The lowest BCUT2D eigenvalue weighted by molar-refractivity contribution is 1.11. The lowest BCUT2D eigenvalue weighted by atomic mass is 10.2. The van der Waals surface area contributed by atoms with Crippen molar-refractivity contribution in [3.05, 3.63) is 28.3 Å². The Bertz CT molecular complexity index is 374. The number of H-pyrrole nitrogens is 1. The van der Waals surface area contributed by atoms with Crippen molar-refractivity contribution in [3.63, 3.8) is 0 Å². The fourth-order valence-electron chi connectivity index (χ4n) is 1.18. The SMILES string of the molecule is CC/C=C/c1nc(CCl)[nH]c1/C=C(\C)Cl. The molecule has 15 heavy (non-hydrogen) atoms. The first kappa shape index (κ1) is 12.3. The average Bonchev–Trinajstić information content (AvgIpc) is 2.56. The summed E-state index contributed by atoms with van der Waals surface area (Å²) in [6, 6.07) is 0. The van der Waals surface area contributed by atoms with Crippen LogP contribution in [0.2, 0.25) is 0 Å². The van der Waals surface area contributed by atoms with Crippen LogP contribution in [0.4, 0.5) is 0 Å². The maximum Gasteiger partial charge on any atom is 0.122 e. The average molecular weight is 245 g/mol. The highest BCUT2D eigenvalue weighted by atomic mass is 35.5. The molecule has 0 unspecified atom stereocenters. The molecule has 4 heteroatoms. The Kier molecular flexibility index (Phi) is 4.92. The van der Waals surface area contributed by atoms with Crippen molar-refractivity contribution in [1.82, 2.24) is 9.97 Å². The number of nitrogens with one attached hydrogen (secondary N) is 1. The molecule has 82 valence electrons. The van der Waals surface area contributed by atoms with E-state index in [0.29, 0.717) is 10.9 Å². The van der Waals surface area contributed by atoms with Gasteiger partial charge in [-0.15, -0.1) is 11.6 Å². The quantitative estimate of drug-likeness (QED) is 0.792. The third-order valence-corrected chi connectivity index (χ3v) is 2.15. The molecule has 0 bridgehead atoms. The number of imidazole rings is 1. The van der Waals surface area contributed by atoms with Gasteiger partial charge >= 0.3 is 0 Å². The third-order valence-electron chi connectivity index (χ3n) is 1.79. The highest BCUT2D eigenvalue weighted by molar-refractivity contribution is 6.31. The van der Waals surface area contributed by atoms with Gasteiger partial charge in [0.15, 0.2) is 0 Å². The highest BCUT2D eigenvalue weighted by Gasteiger charge is 2.04. The van der Waals surface area contributed by atoms with Gasteiger partial charge in [0.25, 0.3) is 0 Å². The van der Waals surface area contributed by atoms with Crippen LogP contribution in [-0.4, -0.2) is 9.97 Å². The van der Waals surface area contributed by atoms with Gasteiger partial charge < -0.3 is 4.98 Å². The molecule has 0 fully saturated rings. The van der Waals surface area contributed by atoms with E-state index in [-0.39, 0.29) is 0 Å². The van der Waals surface area contributed by atoms with Gasteiger partial charge in [-0.3, -0.25) is 0 Å². The van der Waals surface area contributed by atoms with E-state index in [9.17, 15) is 0 Å². The van der Waals surface area contributed by atoms with Crippen molar-refractivity contribution in [2.75, 3.05) is 0 Å². The number of aromatic amines is 1. The molecule has 1 rings (SSSR count). The number of nitrogens with zero attached hydrogens (tertiary/aromatic N) is 1. The molecular formula is C11H14Cl2N2. The van der Waals surface area contributed by atoms with Crippen molar-refractivity contribution in [2.45, 2.75) is 26.1 Å². The number of alkyl halides is 1. The molecule has 1 aromatic heterocycles. The Morgan fingerprint density at radius 1 is 1.53 bits per heavy atom. The van der Waals surface area contributed by atoms with Crippen LogP contribution in [0.5, 0.6) is 0 Å². The Balaban J connectivity index is 3.06. The van der Waals surface area contributed by atoms with Gasteiger partial charge in [-0.2, -0.15) is 0 Å². The van der Waals surface area contributed by atoms with Crippen molar-refractivity contribution >= 4 is 35.4 Å². The van der Waals surface area contributed by atoms with Gasteiger partial charge in [-0.05, 0) is 25.5 Å². The van der Waals surface area contributed by atoms with Gasteiger partial charge in [-0.1, -0.05) is 24.6 Å². The predicted octanol–water partition coefficient (Wildman–Crippen LogP) is 4.17. The molecule has 0 aliphatic carbocycles. The molecule has 1 aromatic rings. The minimum atomic E-state index is 0.377. The van der Waals surface area contributed by atoms with Crippen molar-refractivity contribution < 1.29 is 0 Å². The number of rotatable bonds is 4. The third kappa shape index (κ3) is 3.73. The smallest absolute Gasteiger partial charge is 0.122 e. The summed E-state index contributed by atoms with van der Waals surface area (Å²) in [5, 5.41) is 0.714. The lowest BCUT2D eigenvalue weighted by Crippen LogP contribution is -1.78. The molecule has 0 aliphatic rings. The number of aromatic nitrogens is 2. The molecule has 0 aromatic carbocycles. The van der Waals surface area contributed by atoms with E-state index in [4.69, 9.17) is 23.2 Å². The van der Waals surface area contributed by atoms with E-state index in [1.54, 1.807) is 0 Å². The van der Waals surface area contributed by atoms with Gasteiger partial charge in [0.05, 0.1) is 17.3 Å². The van der Waals surface area contributed by atoms with Crippen LogP contribution in [-0.2, 0) is 5.88 Å². The summed E-state index contributed by atoms with van der Waals surface area (Å²) in [5.74, 6) is 1.14. The summed E-state index contributed by atoms with van der Waals surface area (Å²) in [6.45, 7) is 3.91. The van der Waals surface area contributed by atoms with Gasteiger partial charge in [-0.25, -0.2) is 4.98 Å². The maximum atomic E-state index is 5.83. The summed E-state index contributed by atoms with van der Waals surface area (Å²) in [4.78, 5) is 7.46. The van der Waals surface area contributed by atoms with Crippen molar-refractivity contribution in [2.24, 2.45) is 0 Å². The molecule has 2 nitrogen and oxygen atoms in total. The first-order valence-corrected chi connectivity index (χ1v) is 5.73. The van der Waals surface area contributed by atoms with Crippen LogP contribution in [0.3, 0.4) is 0 Å². The second-order valence-corrected chi connectivity index (χ2v) is 4.02. The zero-order chi connectivity index (χ0) is 11.3. The van der Waals surface area contributed by atoms with Crippen LogP contribution in [0.15, 0.2) is 11.1 Å². The number of halogens is 2. The second kappa shape index (κ2) is 5.99. The van der Waals surface area contributed by atoms with Crippen LogP contribution in [0.25, 0.3) is 12.2 Å². The molecule has 0 radical (unpaired) electrons. The summed E-state index contributed by atoms with van der Waals surface area (Å²) in [6.07, 6.45) is 6.85. The molecule has 0 saturated heterocycles. The zero-order valence-corrected chi connectivity index (χ0v) is 10.4. The van der Waals surface area contributed by atoms with Crippen LogP contribution in [0.1, 0.15) is 37.5 Å². The van der Waals surface area contributed by atoms with E-state index >= 15 is 0 Å². The van der Waals surface area contributed by atoms with Gasteiger partial charge in [0, 0.05) is 5.03 Å². The number of hydrogen-bond acceptors (Lipinski definition) is 1. The fraction of sp³-hybridized carbons (Fsp3) is 0.364. The highest BCUT2D eigenvalue weighted by Crippen LogP contribution is 2.15. The summed E-state index contributed by atoms with van der Waals surface area (Å²) in [7, 11) is 0. The molecule has 1 heterocycles. The Hall–Kier alpha value is -0.730. The molecule has 0 atom stereocenters. The normalized spacial score (nSPS) is 12.7. The second-order valence-electron chi connectivity index (χ2n) is 3.16. The fourth-order valence-corrected chi connectivity index (χ4v) is 1.42. The van der Waals surface area contributed by atoms with Crippen molar-refractivity contribution in [1.29, 1.82) is 0 Å². The van der Waals surface area contributed by atoms with Gasteiger partial charge in [0.1, 0.15) is 5.82 Å². The van der Waals surface area contributed by atoms with Crippen LogP contribution in [0, 0.1) is 0 Å². The number of hydrogen-bond donors (Lipinski definition) is 1. The molecule has 1 N–H and O–H groups in total. The Labute approximate surface area is 100 Å². The summed E-state index contributed by atoms with van der Waals surface area (Å²) in [5.41, 5.74) is 1.79. The minimum absolute atomic E-state index is 0.377. The maximum absolute atomic E-state index is 5.83. The first-order valence-electron chi connectivity index (χ1n) is 4.82. The van der Waals surface area contributed by atoms with E-state index in [2.05, 4.69) is 23.0 Å². The van der Waals surface area contributed by atoms with Crippen LogP contribution >= 0.6 is 23.2 Å². The standard InChI is InChI=1S/C11H14Cl2N2/c1-3-4-5-9-10(6-8(2)13)15-11(7-12)14-9/h4-6H,3,7H2,1-2H3,(H,14,15)/b5-4+,8-6+. The van der Waals surface area contributed by atoms with E-state index in [1.807, 2.05) is 19.1 Å². The summed E-state index contributed by atoms with van der Waals surface area (Å²) >= 11 is 11.5. The van der Waals surface area contributed by atoms with Gasteiger partial charge in [0.2, 0.25) is 0 Å².